The Kier molecular flexibility index (Phi) is 5.28. The quantitative estimate of drug-likeness (QED) is 0.375. The molecular formula is C20H18ClFN4OS. The van der Waals surface area contributed by atoms with Crippen LogP contribution in [0.2, 0.25) is 5.02 Å². The highest BCUT2D eigenvalue weighted by Gasteiger charge is 2.14. The molecular weight excluding hydrogens is 399 g/mol. The second-order valence-corrected chi connectivity index (χ2v) is 7.82. The number of thiazole rings is 1. The second-order valence-electron chi connectivity index (χ2n) is 6.35. The molecule has 4 rings (SSSR count). The van der Waals surface area contributed by atoms with Gasteiger partial charge in [0.2, 0.25) is 5.95 Å². The van der Waals surface area contributed by atoms with Crippen LogP contribution in [0.15, 0.2) is 36.4 Å². The van der Waals surface area contributed by atoms with E-state index < -0.39 is 6.67 Å². The number of ketones is 1. The molecule has 2 heterocycles. The number of carbonyl (C=O) groups is 1. The molecule has 4 aromatic rings. The van der Waals surface area contributed by atoms with Crippen LogP contribution in [0.25, 0.3) is 21.3 Å². The van der Waals surface area contributed by atoms with Crippen LogP contribution in [0, 0.1) is 0 Å². The number of aryl methyl sites for hydroxylation is 1. The third kappa shape index (κ3) is 3.59. The maximum absolute atomic E-state index is 12.3. The van der Waals surface area contributed by atoms with E-state index in [4.69, 9.17) is 11.6 Å². The number of imidazole rings is 1. The fourth-order valence-electron chi connectivity index (χ4n) is 3.14. The Bertz CT molecular complexity index is 1170. The molecule has 0 unspecified atom stereocenters. The fourth-order valence-corrected chi connectivity index (χ4v) is 4.27. The van der Waals surface area contributed by atoms with Crippen molar-refractivity contribution in [2.75, 3.05) is 12.0 Å². The Labute approximate surface area is 170 Å². The summed E-state index contributed by atoms with van der Waals surface area (Å²) in [6, 6.07) is 11.0. The second kappa shape index (κ2) is 7.85. The number of rotatable bonds is 7. The van der Waals surface area contributed by atoms with Gasteiger partial charge < -0.3 is 9.88 Å². The van der Waals surface area contributed by atoms with E-state index in [-0.39, 0.29) is 18.6 Å². The van der Waals surface area contributed by atoms with E-state index >= 15 is 0 Å². The zero-order chi connectivity index (χ0) is 19.7. The van der Waals surface area contributed by atoms with Crippen molar-refractivity contribution >= 4 is 61.1 Å². The third-order valence-corrected chi connectivity index (χ3v) is 5.66. The van der Waals surface area contributed by atoms with Crippen LogP contribution in [0.3, 0.4) is 0 Å². The molecule has 0 amide bonds. The predicted octanol–water partition coefficient (Wildman–Crippen LogP) is 6.00. The number of Topliss-reactive ketones (excluding diaryl/α,β-unsaturated/α-hetero) is 1. The molecule has 28 heavy (non-hydrogen) atoms. The first-order valence-electron chi connectivity index (χ1n) is 9.01. The van der Waals surface area contributed by atoms with E-state index in [1.165, 1.54) is 11.3 Å². The van der Waals surface area contributed by atoms with Gasteiger partial charge in [-0.3, -0.25) is 9.18 Å². The summed E-state index contributed by atoms with van der Waals surface area (Å²) >= 11 is 7.56. The van der Waals surface area contributed by atoms with Gasteiger partial charge >= 0.3 is 0 Å². The highest BCUT2D eigenvalue weighted by atomic mass is 35.5. The number of nitrogens with one attached hydrogen (secondary N) is 1. The first-order valence-corrected chi connectivity index (χ1v) is 10.2. The van der Waals surface area contributed by atoms with Crippen LogP contribution >= 0.6 is 22.9 Å². The van der Waals surface area contributed by atoms with E-state index in [2.05, 4.69) is 15.3 Å². The maximum Gasteiger partial charge on any atom is 0.210 e. The standard InChI is InChI=1S/C20H18ClFN4OS/c1-2-26-16-8-5-12(17(27)4-3-9-22)10-15(16)23-19(26)25-20-24-14-7-6-13(21)11-18(14)28-20/h5-8,10-11H,2-4,9H2,1H3,(H,23,24,25). The zero-order valence-corrected chi connectivity index (χ0v) is 16.8. The summed E-state index contributed by atoms with van der Waals surface area (Å²) in [6.07, 6.45) is 0.449. The van der Waals surface area contributed by atoms with E-state index in [1.807, 2.05) is 35.8 Å². The molecule has 0 saturated carbocycles. The van der Waals surface area contributed by atoms with Crippen LogP contribution in [-0.2, 0) is 6.54 Å². The van der Waals surface area contributed by atoms with Crippen molar-refractivity contribution in [1.29, 1.82) is 0 Å². The SMILES string of the molecule is CCn1c(Nc2nc3ccc(Cl)cc3s2)nc2cc(C(=O)CCCF)ccc21. The number of fused-ring (bicyclic) bond motifs is 2. The van der Waals surface area contributed by atoms with Crippen molar-refractivity contribution in [1.82, 2.24) is 14.5 Å². The van der Waals surface area contributed by atoms with Crippen molar-refractivity contribution in [3.63, 3.8) is 0 Å². The third-order valence-electron chi connectivity index (χ3n) is 4.49. The minimum atomic E-state index is -0.486. The lowest BCUT2D eigenvalue weighted by Crippen LogP contribution is -2.02. The number of halogens is 2. The monoisotopic (exact) mass is 416 g/mol. The summed E-state index contributed by atoms with van der Waals surface area (Å²) in [5.74, 6) is 0.596. The van der Waals surface area contributed by atoms with Gasteiger partial charge in [0, 0.05) is 23.6 Å². The van der Waals surface area contributed by atoms with Crippen molar-refractivity contribution in [2.45, 2.75) is 26.3 Å². The molecule has 0 aliphatic heterocycles. The van der Waals surface area contributed by atoms with Gasteiger partial charge in [0.05, 0.1) is 27.9 Å². The Morgan fingerprint density at radius 1 is 1.21 bits per heavy atom. The molecule has 2 aromatic heterocycles. The van der Waals surface area contributed by atoms with Gasteiger partial charge in [-0.2, -0.15) is 0 Å². The average Bonchev–Trinajstić information content (AvgIpc) is 3.24. The smallest absolute Gasteiger partial charge is 0.210 e. The molecule has 0 aliphatic rings. The van der Waals surface area contributed by atoms with Gasteiger partial charge in [-0.1, -0.05) is 22.9 Å². The van der Waals surface area contributed by atoms with Crippen molar-refractivity contribution in [2.24, 2.45) is 0 Å². The van der Waals surface area contributed by atoms with Gasteiger partial charge in [-0.25, -0.2) is 9.97 Å². The van der Waals surface area contributed by atoms with Crippen LogP contribution in [0.5, 0.6) is 0 Å². The number of hydrogen-bond donors (Lipinski definition) is 1. The predicted molar refractivity (Wildman–Crippen MR) is 113 cm³/mol. The molecule has 0 atom stereocenters. The Balaban J connectivity index is 1.68. The van der Waals surface area contributed by atoms with E-state index in [0.29, 0.717) is 23.1 Å². The Morgan fingerprint density at radius 2 is 2.07 bits per heavy atom. The van der Waals surface area contributed by atoms with Crippen LogP contribution in [0.1, 0.15) is 30.1 Å². The molecule has 0 radical (unpaired) electrons. The fraction of sp³-hybridized carbons (Fsp3) is 0.250. The molecule has 144 valence electrons. The zero-order valence-electron chi connectivity index (χ0n) is 15.2. The van der Waals surface area contributed by atoms with E-state index in [0.717, 1.165) is 26.4 Å². The Morgan fingerprint density at radius 3 is 2.86 bits per heavy atom. The lowest BCUT2D eigenvalue weighted by atomic mass is 10.1. The average molecular weight is 417 g/mol. The number of carbonyl (C=O) groups excluding carboxylic acids is 1. The summed E-state index contributed by atoms with van der Waals surface area (Å²) in [7, 11) is 0. The minimum absolute atomic E-state index is 0.0665. The molecule has 2 aromatic carbocycles. The van der Waals surface area contributed by atoms with Crippen LogP contribution < -0.4 is 5.32 Å². The molecule has 0 bridgehead atoms. The maximum atomic E-state index is 12.3. The molecule has 5 nitrogen and oxygen atoms in total. The summed E-state index contributed by atoms with van der Waals surface area (Å²) in [5, 5.41) is 4.68. The summed E-state index contributed by atoms with van der Waals surface area (Å²) in [4.78, 5) is 21.4. The number of benzene rings is 2. The summed E-state index contributed by atoms with van der Waals surface area (Å²) in [5.41, 5.74) is 3.08. The number of nitrogens with zero attached hydrogens (tertiary/aromatic N) is 3. The first-order chi connectivity index (χ1) is 13.6. The Hall–Kier alpha value is -2.51. The normalized spacial score (nSPS) is 11.4. The van der Waals surface area contributed by atoms with Crippen molar-refractivity contribution in [3.8, 4) is 0 Å². The number of aromatic nitrogens is 3. The minimum Gasteiger partial charge on any atom is -0.310 e. The molecule has 0 spiro atoms. The lowest BCUT2D eigenvalue weighted by Gasteiger charge is -2.06. The molecule has 0 fully saturated rings. The highest BCUT2D eigenvalue weighted by molar-refractivity contribution is 7.22. The van der Waals surface area contributed by atoms with Gasteiger partial charge in [0.15, 0.2) is 10.9 Å². The topological polar surface area (TPSA) is 59.8 Å². The first kappa shape index (κ1) is 18.8. The molecule has 0 saturated heterocycles. The van der Waals surface area contributed by atoms with E-state index in [9.17, 15) is 9.18 Å². The van der Waals surface area contributed by atoms with Crippen molar-refractivity contribution in [3.05, 3.63) is 47.0 Å². The number of hydrogen-bond acceptors (Lipinski definition) is 5. The van der Waals surface area contributed by atoms with E-state index in [1.54, 1.807) is 12.1 Å². The van der Waals surface area contributed by atoms with Gasteiger partial charge in [0.1, 0.15) is 0 Å². The molecule has 8 heteroatoms. The summed E-state index contributed by atoms with van der Waals surface area (Å²) < 4.78 is 15.4. The van der Waals surface area contributed by atoms with Crippen LogP contribution in [0.4, 0.5) is 15.5 Å². The number of anilines is 2. The van der Waals surface area contributed by atoms with Crippen LogP contribution in [-0.4, -0.2) is 27.0 Å². The highest BCUT2D eigenvalue weighted by Crippen LogP contribution is 2.31. The lowest BCUT2D eigenvalue weighted by molar-refractivity contribution is 0.0977. The largest absolute Gasteiger partial charge is 0.310 e. The van der Waals surface area contributed by atoms with Gasteiger partial charge in [-0.05, 0) is 49.7 Å². The molecule has 1 N–H and O–H groups in total. The van der Waals surface area contributed by atoms with Gasteiger partial charge in [0.25, 0.3) is 0 Å². The molecule has 0 aliphatic carbocycles. The van der Waals surface area contributed by atoms with Gasteiger partial charge in [-0.15, -0.1) is 0 Å². The van der Waals surface area contributed by atoms with Crippen molar-refractivity contribution < 1.29 is 9.18 Å². The summed E-state index contributed by atoms with van der Waals surface area (Å²) in [6.45, 7) is 2.26. The number of alkyl halides is 1.